The van der Waals surface area contributed by atoms with E-state index in [9.17, 15) is 28.4 Å². The van der Waals surface area contributed by atoms with Crippen LogP contribution in [0.15, 0.2) is 84.0 Å². The lowest BCUT2D eigenvalue weighted by Gasteiger charge is -2.56. The first-order chi connectivity index (χ1) is 32.1. The highest BCUT2D eigenvalue weighted by molar-refractivity contribution is 7.90. The number of nitro groups is 1. The van der Waals surface area contributed by atoms with Crippen LogP contribution in [0.5, 0.6) is 23.0 Å². The predicted octanol–water partition coefficient (Wildman–Crippen LogP) is 9.56. The van der Waals surface area contributed by atoms with E-state index in [1.807, 2.05) is 19.1 Å². The number of nitro benzene ring substituents is 1. The van der Waals surface area contributed by atoms with Gasteiger partial charge in [-0.05, 0) is 137 Å². The van der Waals surface area contributed by atoms with Crippen molar-refractivity contribution in [2.24, 2.45) is 11.3 Å². The minimum Gasteiger partial charge on any atom is -0.486 e. The molecule has 0 bridgehead atoms. The molecule has 5 heterocycles. The van der Waals surface area contributed by atoms with E-state index in [4.69, 9.17) is 14.2 Å². The van der Waals surface area contributed by atoms with E-state index in [0.717, 1.165) is 68.5 Å². The van der Waals surface area contributed by atoms with Crippen LogP contribution in [0.3, 0.4) is 0 Å². The second kappa shape index (κ2) is 17.7. The second-order valence-corrected chi connectivity index (χ2v) is 22.0. The van der Waals surface area contributed by atoms with Crippen LogP contribution in [0, 0.1) is 21.4 Å². The molecule has 10 rings (SSSR count). The topological polar surface area (TPSA) is 189 Å². The second-order valence-electron chi connectivity index (χ2n) is 20.3. The Kier molecular flexibility index (Phi) is 11.9. The number of nitrogens with one attached hydrogen (secondary N) is 2. The van der Waals surface area contributed by atoms with Crippen molar-refractivity contribution >= 4 is 38.3 Å². The number of benzene rings is 3. The van der Waals surface area contributed by atoms with Gasteiger partial charge in [0, 0.05) is 60.6 Å². The van der Waals surface area contributed by atoms with Crippen LogP contribution in [-0.2, 0) is 10.0 Å². The number of ether oxygens (including phenoxy) is 3. The Bertz CT molecular complexity index is 2780. The van der Waals surface area contributed by atoms with E-state index in [1.54, 1.807) is 24.4 Å². The van der Waals surface area contributed by atoms with Crippen LogP contribution >= 0.6 is 0 Å². The number of sulfonamides is 1. The highest BCUT2D eigenvalue weighted by Gasteiger charge is 2.50. The Labute approximate surface area is 391 Å². The molecule has 0 unspecified atom stereocenters. The van der Waals surface area contributed by atoms with Crippen LogP contribution in [-0.4, -0.2) is 83.2 Å². The van der Waals surface area contributed by atoms with Gasteiger partial charge < -0.3 is 29.2 Å². The summed E-state index contributed by atoms with van der Waals surface area (Å²) < 4.78 is 48.4. The van der Waals surface area contributed by atoms with Crippen LogP contribution in [0.4, 0.5) is 11.4 Å². The number of fused-ring (bicyclic) bond motifs is 2. The summed E-state index contributed by atoms with van der Waals surface area (Å²) in [4.78, 5) is 37.8. The number of hydrogen-bond acceptors (Lipinski definition) is 12. The normalized spacial score (nSPS) is 24.2. The smallest absolute Gasteiger partial charge is 0.316 e. The number of pyridine rings is 1. The van der Waals surface area contributed by atoms with Gasteiger partial charge in [0.1, 0.15) is 29.9 Å². The molecule has 2 saturated heterocycles. The van der Waals surface area contributed by atoms with E-state index in [1.165, 1.54) is 43.0 Å². The molecular formula is C51H60N6O9S. The summed E-state index contributed by atoms with van der Waals surface area (Å²) in [5, 5.41) is 23.5. The number of carbonyl (C=O) groups excluding carboxylic acids is 1. The van der Waals surface area contributed by atoms with Crippen molar-refractivity contribution in [3.63, 3.8) is 0 Å². The summed E-state index contributed by atoms with van der Waals surface area (Å²) in [5.74, 6) is -0.00447. The molecule has 354 valence electrons. The third-order valence-corrected chi connectivity index (χ3v) is 16.6. The number of anilines is 1. The lowest BCUT2D eigenvalue weighted by atomic mass is 9.59. The highest BCUT2D eigenvalue weighted by atomic mass is 32.2. The SMILES string of the molecule is CC(C)c1ccccc1[C@H]1CCCN1C1CC2(CCN(c3ccc(C(=O)NS(=O)(=O)c4cc5c(c([N+](=O)[O-])c4)O[C@H](C[C@H]4CC[C@](C)(O)CC4)CO5)c(Oc4cnc5[nH]ccc5c4)c3)CC2)C1. The zero-order chi connectivity index (χ0) is 46.7. The van der Waals surface area contributed by atoms with Gasteiger partial charge >= 0.3 is 5.69 Å². The van der Waals surface area contributed by atoms with E-state index < -0.39 is 43.1 Å². The lowest BCUT2D eigenvalue weighted by Crippen LogP contribution is -2.54. The molecule has 67 heavy (non-hydrogen) atoms. The number of hydrogen-bond donors (Lipinski definition) is 3. The number of aromatic amines is 1. The van der Waals surface area contributed by atoms with E-state index in [-0.39, 0.29) is 35.3 Å². The summed E-state index contributed by atoms with van der Waals surface area (Å²) in [6.45, 7) is 9.26. The molecule has 5 aromatic rings. The van der Waals surface area contributed by atoms with Gasteiger partial charge in [0.05, 0.1) is 27.2 Å². The van der Waals surface area contributed by atoms with Crippen molar-refractivity contribution in [1.82, 2.24) is 19.6 Å². The molecule has 3 aliphatic heterocycles. The molecule has 1 spiro atoms. The Morgan fingerprint density at radius 2 is 1.81 bits per heavy atom. The fourth-order valence-corrected chi connectivity index (χ4v) is 12.5. The van der Waals surface area contributed by atoms with Gasteiger partial charge in [-0.25, -0.2) is 18.1 Å². The first-order valence-electron chi connectivity index (χ1n) is 23.9. The van der Waals surface area contributed by atoms with Gasteiger partial charge in [0.25, 0.3) is 15.9 Å². The maximum atomic E-state index is 14.1. The number of aliphatic hydroxyl groups is 1. The first-order valence-corrected chi connectivity index (χ1v) is 25.4. The lowest BCUT2D eigenvalue weighted by molar-refractivity contribution is -0.386. The summed E-state index contributed by atoms with van der Waals surface area (Å²) >= 11 is 0. The quantitative estimate of drug-likeness (QED) is 0.0795. The average molecular weight is 933 g/mol. The highest BCUT2D eigenvalue weighted by Crippen LogP contribution is 2.54. The Balaban J connectivity index is 0.845. The summed E-state index contributed by atoms with van der Waals surface area (Å²) in [7, 11) is -4.68. The van der Waals surface area contributed by atoms with E-state index >= 15 is 0 Å². The molecule has 3 aromatic carbocycles. The monoisotopic (exact) mass is 932 g/mol. The van der Waals surface area contributed by atoms with Crippen molar-refractivity contribution in [1.29, 1.82) is 0 Å². The molecule has 5 aliphatic rings. The Morgan fingerprint density at radius 3 is 2.57 bits per heavy atom. The number of amides is 1. The molecular weight excluding hydrogens is 873 g/mol. The summed E-state index contributed by atoms with van der Waals surface area (Å²) in [6, 6.07) is 20.8. The van der Waals surface area contributed by atoms with Crippen molar-refractivity contribution in [2.45, 2.75) is 126 Å². The zero-order valence-corrected chi connectivity index (χ0v) is 39.2. The van der Waals surface area contributed by atoms with Gasteiger partial charge in [0.15, 0.2) is 5.75 Å². The first kappa shape index (κ1) is 45.1. The Morgan fingerprint density at radius 1 is 1.03 bits per heavy atom. The van der Waals surface area contributed by atoms with Gasteiger partial charge in [0.2, 0.25) is 5.75 Å². The van der Waals surface area contributed by atoms with Crippen molar-refractivity contribution in [2.75, 3.05) is 31.1 Å². The maximum absolute atomic E-state index is 14.1. The third-order valence-electron chi connectivity index (χ3n) is 15.3. The molecule has 3 N–H and O–H groups in total. The number of rotatable bonds is 12. The van der Waals surface area contributed by atoms with Crippen LogP contribution in [0.25, 0.3) is 11.0 Å². The number of nitrogens with zero attached hydrogens (tertiary/aromatic N) is 4. The molecule has 2 aliphatic carbocycles. The van der Waals surface area contributed by atoms with Crippen molar-refractivity contribution in [3.8, 4) is 23.0 Å². The Hall–Kier alpha value is -5.71. The predicted molar refractivity (Wildman–Crippen MR) is 254 cm³/mol. The molecule has 0 radical (unpaired) electrons. The molecule has 2 atom stereocenters. The van der Waals surface area contributed by atoms with E-state index in [0.29, 0.717) is 54.1 Å². The zero-order valence-electron chi connectivity index (χ0n) is 38.4. The number of piperidine rings is 1. The van der Waals surface area contributed by atoms with Crippen molar-refractivity contribution in [3.05, 3.63) is 106 Å². The van der Waals surface area contributed by atoms with Crippen molar-refractivity contribution < 1.29 is 37.5 Å². The van der Waals surface area contributed by atoms with E-state index in [2.05, 4.69) is 62.6 Å². The molecule has 16 heteroatoms. The summed E-state index contributed by atoms with van der Waals surface area (Å²) in [6.07, 6.45) is 13.2. The summed E-state index contributed by atoms with van der Waals surface area (Å²) in [5.41, 5.74) is 3.41. The number of aromatic nitrogens is 2. The molecule has 2 aromatic heterocycles. The fourth-order valence-electron chi connectivity index (χ4n) is 11.5. The molecule has 4 fully saturated rings. The van der Waals surface area contributed by atoms with Gasteiger partial charge in [-0.1, -0.05) is 38.1 Å². The standard InChI is InChI=1S/C51H60N6O9S/c1-32(2)40-7-4-5-8-41(40)43-9-6-20-56(43)36-28-51(29-36)17-21-55(22-18-51)35-10-11-42(45(25-35)65-37-24-34-14-19-52-48(34)53-30-37)49(58)54-67(62,63)39-26-44(57(60)61)47-46(27-39)64-31-38(66-47)23-33-12-15-50(3,59)16-13-33/h4-5,7-8,10-11,14,19,24-27,30,32-33,36,38,43,59H,6,9,12-13,15-18,20-23,28-29,31H2,1-3H3,(H,52,53)(H,54,58)/t33-,38-,43-,50-/m1/s1. The molecule has 15 nitrogen and oxygen atoms in total. The average Bonchev–Trinajstić information content (AvgIpc) is 3.98. The van der Waals surface area contributed by atoms with Crippen LogP contribution in [0.1, 0.15) is 125 Å². The number of likely N-dealkylation sites (tertiary alicyclic amines) is 1. The van der Waals surface area contributed by atoms with Gasteiger partial charge in [-0.2, -0.15) is 0 Å². The largest absolute Gasteiger partial charge is 0.486 e. The molecule has 1 amide bonds. The number of H-pyrrole nitrogens is 1. The maximum Gasteiger partial charge on any atom is 0.316 e. The fraction of sp³-hybridized carbons (Fsp3) is 0.490. The van der Waals surface area contributed by atoms with Gasteiger partial charge in [-0.15, -0.1) is 0 Å². The number of carbonyl (C=O) groups is 1. The van der Waals surface area contributed by atoms with Crippen LogP contribution < -0.4 is 23.8 Å². The van der Waals surface area contributed by atoms with Gasteiger partial charge in [-0.3, -0.25) is 19.8 Å². The minimum atomic E-state index is -4.68. The van der Waals surface area contributed by atoms with Crippen LogP contribution in [0.2, 0.25) is 0 Å². The minimum absolute atomic E-state index is 0.0462. The molecule has 2 saturated carbocycles. The third kappa shape index (κ3) is 9.19.